The first-order valence-corrected chi connectivity index (χ1v) is 9.06. The first-order valence-electron chi connectivity index (χ1n) is 7.00. The Morgan fingerprint density at radius 3 is 2.79 bits per heavy atom. The molecule has 108 valence electrons. The van der Waals surface area contributed by atoms with Crippen molar-refractivity contribution in [1.29, 1.82) is 0 Å². The van der Waals surface area contributed by atoms with Crippen molar-refractivity contribution in [3.8, 4) is 0 Å². The van der Waals surface area contributed by atoms with Crippen molar-refractivity contribution < 1.29 is 8.42 Å². The van der Waals surface area contributed by atoms with E-state index in [-0.39, 0.29) is 5.75 Å². The summed E-state index contributed by atoms with van der Waals surface area (Å²) in [6.07, 6.45) is 11.9. The van der Waals surface area contributed by atoms with Gasteiger partial charge < -0.3 is 9.88 Å². The van der Waals surface area contributed by atoms with Crippen LogP contribution < -0.4 is 5.32 Å². The third-order valence-corrected chi connectivity index (χ3v) is 4.60. The maximum atomic E-state index is 11.1. The molecule has 6 heteroatoms. The molecule has 1 saturated carbocycles. The Morgan fingerprint density at radius 2 is 2.11 bits per heavy atom. The zero-order chi connectivity index (χ0) is 13.7. The predicted molar refractivity (Wildman–Crippen MR) is 77.1 cm³/mol. The summed E-state index contributed by atoms with van der Waals surface area (Å²) in [7, 11) is -2.87. The van der Waals surface area contributed by atoms with Crippen LogP contribution in [-0.2, 0) is 16.4 Å². The van der Waals surface area contributed by atoms with Gasteiger partial charge in [0.15, 0.2) is 0 Å². The Kier molecular flexibility index (Phi) is 4.85. The van der Waals surface area contributed by atoms with Gasteiger partial charge in [0.2, 0.25) is 5.95 Å². The molecule has 1 aromatic heterocycles. The zero-order valence-electron chi connectivity index (χ0n) is 11.5. The van der Waals surface area contributed by atoms with E-state index in [1.165, 1.54) is 38.4 Å². The second-order valence-corrected chi connectivity index (χ2v) is 7.67. The van der Waals surface area contributed by atoms with Gasteiger partial charge in [0.1, 0.15) is 9.84 Å². The van der Waals surface area contributed by atoms with Gasteiger partial charge in [0, 0.05) is 31.2 Å². The average Bonchev–Trinajstić information content (AvgIpc) is 2.76. The molecule has 2 rings (SSSR count). The Morgan fingerprint density at radius 1 is 1.37 bits per heavy atom. The summed E-state index contributed by atoms with van der Waals surface area (Å²) in [6.45, 7) is 0.697. The molecule has 0 amide bonds. The lowest BCUT2D eigenvalue weighted by Crippen LogP contribution is -2.24. The van der Waals surface area contributed by atoms with Crippen LogP contribution in [-0.4, -0.2) is 36.0 Å². The molecule has 0 bridgehead atoms. The molecule has 1 aromatic rings. The van der Waals surface area contributed by atoms with Gasteiger partial charge in [-0.2, -0.15) is 0 Å². The molecule has 0 atom stereocenters. The highest BCUT2D eigenvalue weighted by Crippen LogP contribution is 2.21. The van der Waals surface area contributed by atoms with Crippen LogP contribution in [0.3, 0.4) is 0 Å². The fourth-order valence-electron chi connectivity index (χ4n) is 2.56. The van der Waals surface area contributed by atoms with Crippen LogP contribution in [0.25, 0.3) is 0 Å². The van der Waals surface area contributed by atoms with Crippen LogP contribution in [0.4, 0.5) is 5.95 Å². The minimum absolute atomic E-state index is 0.230. The molecule has 1 aliphatic carbocycles. The van der Waals surface area contributed by atoms with Crippen molar-refractivity contribution in [1.82, 2.24) is 9.55 Å². The van der Waals surface area contributed by atoms with Crippen molar-refractivity contribution in [3.05, 3.63) is 12.4 Å². The molecular weight excluding hydrogens is 262 g/mol. The number of hydrogen-bond donors (Lipinski definition) is 1. The quantitative estimate of drug-likeness (QED) is 0.869. The number of imidazole rings is 1. The number of nitrogens with zero attached hydrogens (tertiary/aromatic N) is 2. The monoisotopic (exact) mass is 285 g/mol. The summed E-state index contributed by atoms with van der Waals surface area (Å²) in [5.41, 5.74) is 0. The van der Waals surface area contributed by atoms with Gasteiger partial charge in [0.25, 0.3) is 0 Å². The van der Waals surface area contributed by atoms with E-state index in [1.54, 1.807) is 6.20 Å². The summed E-state index contributed by atoms with van der Waals surface area (Å²) in [5, 5.41) is 3.48. The molecule has 0 radical (unpaired) electrons. The Bertz CT molecular complexity index is 490. The topological polar surface area (TPSA) is 64.0 Å². The van der Waals surface area contributed by atoms with Crippen molar-refractivity contribution >= 4 is 15.8 Å². The molecule has 1 heterocycles. The number of rotatable bonds is 6. The van der Waals surface area contributed by atoms with Crippen LogP contribution in [0, 0.1) is 0 Å². The molecule has 1 aliphatic rings. The lowest BCUT2D eigenvalue weighted by Gasteiger charge is -2.23. The maximum Gasteiger partial charge on any atom is 0.202 e. The van der Waals surface area contributed by atoms with Crippen molar-refractivity contribution in [3.63, 3.8) is 0 Å². The first-order chi connectivity index (χ1) is 9.04. The lowest BCUT2D eigenvalue weighted by atomic mass is 9.96. The Labute approximate surface area is 115 Å². The largest absolute Gasteiger partial charge is 0.353 e. The van der Waals surface area contributed by atoms with E-state index >= 15 is 0 Å². The highest BCUT2D eigenvalue weighted by molar-refractivity contribution is 7.90. The van der Waals surface area contributed by atoms with Gasteiger partial charge in [-0.3, -0.25) is 0 Å². The zero-order valence-corrected chi connectivity index (χ0v) is 12.3. The summed E-state index contributed by atoms with van der Waals surface area (Å²) in [6, 6.07) is 0.518. The summed E-state index contributed by atoms with van der Waals surface area (Å²) in [4.78, 5) is 4.33. The van der Waals surface area contributed by atoms with E-state index in [0.717, 1.165) is 5.95 Å². The number of sulfone groups is 1. The van der Waals surface area contributed by atoms with Crippen molar-refractivity contribution in [2.75, 3.05) is 17.3 Å². The van der Waals surface area contributed by atoms with Crippen LogP contribution in [0.1, 0.15) is 38.5 Å². The van der Waals surface area contributed by atoms with E-state index in [0.29, 0.717) is 19.0 Å². The second-order valence-electron chi connectivity index (χ2n) is 5.41. The van der Waals surface area contributed by atoms with Crippen LogP contribution in [0.15, 0.2) is 12.4 Å². The molecule has 0 spiro atoms. The first kappa shape index (κ1) is 14.4. The van der Waals surface area contributed by atoms with E-state index in [1.807, 2.05) is 10.8 Å². The SMILES string of the molecule is CS(=O)(=O)CCCn1ccnc1NC1CCCCC1. The van der Waals surface area contributed by atoms with Gasteiger partial charge in [-0.1, -0.05) is 19.3 Å². The Balaban J connectivity index is 1.86. The predicted octanol–water partition coefficient (Wildman–Crippen LogP) is 2.06. The number of aryl methyl sites for hydroxylation is 1. The normalized spacial score (nSPS) is 17.5. The van der Waals surface area contributed by atoms with Gasteiger partial charge in [-0.15, -0.1) is 0 Å². The van der Waals surface area contributed by atoms with Gasteiger partial charge in [-0.25, -0.2) is 13.4 Å². The third kappa shape index (κ3) is 4.86. The van der Waals surface area contributed by atoms with Crippen LogP contribution >= 0.6 is 0 Å². The summed E-state index contributed by atoms with van der Waals surface area (Å²) < 4.78 is 24.3. The average molecular weight is 285 g/mol. The minimum Gasteiger partial charge on any atom is -0.353 e. The third-order valence-electron chi connectivity index (χ3n) is 3.57. The molecule has 5 nitrogen and oxygen atoms in total. The molecular formula is C13H23N3O2S. The molecule has 0 unspecified atom stereocenters. The van der Waals surface area contributed by atoms with E-state index in [9.17, 15) is 8.42 Å². The summed E-state index contributed by atoms with van der Waals surface area (Å²) in [5.74, 6) is 1.11. The number of anilines is 1. The van der Waals surface area contributed by atoms with E-state index in [2.05, 4.69) is 10.3 Å². The fourth-order valence-corrected chi connectivity index (χ4v) is 3.21. The second kappa shape index (κ2) is 6.41. The number of hydrogen-bond acceptors (Lipinski definition) is 4. The van der Waals surface area contributed by atoms with Crippen LogP contribution in [0.2, 0.25) is 0 Å². The maximum absolute atomic E-state index is 11.1. The standard InChI is InChI=1S/C13H23N3O2S/c1-19(17,18)11-5-9-16-10-8-14-13(16)15-12-6-3-2-4-7-12/h8,10,12H,2-7,9,11H2,1H3,(H,14,15). The number of nitrogens with one attached hydrogen (secondary N) is 1. The molecule has 1 fully saturated rings. The Hall–Kier alpha value is -1.04. The molecule has 19 heavy (non-hydrogen) atoms. The van der Waals surface area contributed by atoms with Crippen LogP contribution in [0.5, 0.6) is 0 Å². The highest BCUT2D eigenvalue weighted by Gasteiger charge is 2.15. The fraction of sp³-hybridized carbons (Fsp3) is 0.769. The highest BCUT2D eigenvalue weighted by atomic mass is 32.2. The molecule has 0 saturated heterocycles. The minimum atomic E-state index is -2.87. The summed E-state index contributed by atoms with van der Waals surface area (Å²) >= 11 is 0. The lowest BCUT2D eigenvalue weighted by molar-refractivity contribution is 0.458. The molecule has 0 aliphatic heterocycles. The van der Waals surface area contributed by atoms with Crippen molar-refractivity contribution in [2.24, 2.45) is 0 Å². The van der Waals surface area contributed by atoms with Crippen molar-refractivity contribution in [2.45, 2.75) is 51.1 Å². The molecule has 1 N–H and O–H groups in total. The van der Waals surface area contributed by atoms with Gasteiger partial charge in [0.05, 0.1) is 5.75 Å². The van der Waals surface area contributed by atoms with Gasteiger partial charge >= 0.3 is 0 Å². The number of aromatic nitrogens is 2. The van der Waals surface area contributed by atoms with Gasteiger partial charge in [-0.05, 0) is 19.3 Å². The van der Waals surface area contributed by atoms with E-state index < -0.39 is 9.84 Å². The smallest absolute Gasteiger partial charge is 0.202 e. The van der Waals surface area contributed by atoms with E-state index in [4.69, 9.17) is 0 Å². The molecule has 0 aromatic carbocycles.